The zero-order valence-corrected chi connectivity index (χ0v) is 17.3. The van der Waals surface area contributed by atoms with Gasteiger partial charge < -0.3 is 20.9 Å². The minimum atomic E-state index is -0.407. The van der Waals surface area contributed by atoms with Crippen molar-refractivity contribution >= 4 is 34.9 Å². The summed E-state index contributed by atoms with van der Waals surface area (Å²) in [5.41, 5.74) is 2.34. The smallest absolute Gasteiger partial charge is 0.273 e. The molecule has 0 bridgehead atoms. The van der Waals surface area contributed by atoms with Crippen molar-refractivity contribution in [1.82, 2.24) is 35.0 Å². The Hall–Kier alpha value is -3.60. The fraction of sp³-hybridized carbons (Fsp3) is 0.400. The SMILES string of the molecule is CNC(=O)c1nnc(NC(=O)C2CC2)cc1Nc1nc2ccc(C3CN(C)C3)cn2n1. The molecule has 1 aliphatic heterocycles. The predicted molar refractivity (Wildman–Crippen MR) is 113 cm³/mol. The number of carbonyl (C=O) groups is 2. The Morgan fingerprint density at radius 2 is 1.97 bits per heavy atom. The first-order valence-corrected chi connectivity index (χ1v) is 10.2. The van der Waals surface area contributed by atoms with Gasteiger partial charge in [-0.05, 0) is 31.5 Å². The van der Waals surface area contributed by atoms with Crippen molar-refractivity contribution in [2.24, 2.45) is 5.92 Å². The molecule has 0 unspecified atom stereocenters. The lowest BCUT2D eigenvalue weighted by Crippen LogP contribution is -2.41. The number of hydrogen-bond acceptors (Lipinski definition) is 8. The summed E-state index contributed by atoms with van der Waals surface area (Å²) in [5.74, 6) is 0.620. The van der Waals surface area contributed by atoms with Crippen LogP contribution < -0.4 is 16.0 Å². The van der Waals surface area contributed by atoms with E-state index in [1.54, 1.807) is 10.6 Å². The Bertz CT molecular complexity index is 1160. The Balaban J connectivity index is 1.42. The second-order valence-corrected chi connectivity index (χ2v) is 8.08. The Kier molecular flexibility index (Phi) is 4.74. The molecule has 2 amide bonds. The molecule has 3 aromatic rings. The number of carbonyl (C=O) groups excluding carboxylic acids is 2. The lowest BCUT2D eigenvalue weighted by Gasteiger charge is -2.36. The summed E-state index contributed by atoms with van der Waals surface area (Å²) in [6.45, 7) is 2.05. The number of fused-ring (bicyclic) bond motifs is 1. The second kappa shape index (κ2) is 7.58. The fourth-order valence-corrected chi connectivity index (χ4v) is 3.63. The molecule has 2 aliphatic rings. The monoisotopic (exact) mass is 421 g/mol. The molecule has 0 radical (unpaired) electrons. The van der Waals surface area contributed by atoms with Crippen molar-refractivity contribution in [3.63, 3.8) is 0 Å². The number of pyridine rings is 1. The number of likely N-dealkylation sites (N-methyl/N-ethyl adjacent to an activating group) is 1. The van der Waals surface area contributed by atoms with Crippen LogP contribution in [0.3, 0.4) is 0 Å². The number of aromatic nitrogens is 5. The first-order chi connectivity index (χ1) is 15.0. The summed E-state index contributed by atoms with van der Waals surface area (Å²) in [6.07, 6.45) is 3.74. The van der Waals surface area contributed by atoms with Crippen LogP contribution >= 0.6 is 0 Å². The Morgan fingerprint density at radius 3 is 2.68 bits per heavy atom. The summed E-state index contributed by atoms with van der Waals surface area (Å²) in [6, 6.07) is 5.57. The molecule has 4 heterocycles. The number of nitrogens with one attached hydrogen (secondary N) is 3. The summed E-state index contributed by atoms with van der Waals surface area (Å²) >= 11 is 0. The van der Waals surface area contributed by atoms with Gasteiger partial charge in [0.25, 0.3) is 5.91 Å². The van der Waals surface area contributed by atoms with Crippen molar-refractivity contribution < 1.29 is 9.59 Å². The molecule has 3 N–H and O–H groups in total. The summed E-state index contributed by atoms with van der Waals surface area (Å²) in [5, 5.41) is 20.8. The van der Waals surface area contributed by atoms with Gasteiger partial charge in [-0.1, -0.05) is 6.07 Å². The molecular weight excluding hydrogens is 398 g/mol. The zero-order valence-electron chi connectivity index (χ0n) is 17.3. The molecule has 1 aliphatic carbocycles. The average molecular weight is 421 g/mol. The largest absolute Gasteiger partial charge is 0.354 e. The van der Waals surface area contributed by atoms with E-state index < -0.39 is 5.91 Å². The molecule has 160 valence electrons. The van der Waals surface area contributed by atoms with Gasteiger partial charge in [-0.15, -0.1) is 15.3 Å². The number of anilines is 3. The van der Waals surface area contributed by atoms with Gasteiger partial charge in [-0.25, -0.2) is 4.52 Å². The molecule has 11 heteroatoms. The van der Waals surface area contributed by atoms with Gasteiger partial charge in [0.15, 0.2) is 17.2 Å². The molecule has 2 fully saturated rings. The third-order valence-corrected chi connectivity index (χ3v) is 5.57. The number of rotatable bonds is 6. The van der Waals surface area contributed by atoms with Crippen LogP contribution in [-0.4, -0.2) is 68.7 Å². The topological polar surface area (TPSA) is 129 Å². The van der Waals surface area contributed by atoms with E-state index in [1.807, 2.05) is 12.3 Å². The lowest BCUT2D eigenvalue weighted by atomic mass is 9.93. The first-order valence-electron chi connectivity index (χ1n) is 10.2. The highest BCUT2D eigenvalue weighted by Gasteiger charge is 2.30. The number of likely N-dealkylation sites (tertiary alicyclic amines) is 1. The van der Waals surface area contributed by atoms with E-state index >= 15 is 0 Å². The molecule has 1 saturated carbocycles. The van der Waals surface area contributed by atoms with Gasteiger partial charge in [0.1, 0.15) is 0 Å². The van der Waals surface area contributed by atoms with Crippen LogP contribution in [0.2, 0.25) is 0 Å². The van der Waals surface area contributed by atoms with E-state index in [0.29, 0.717) is 23.2 Å². The van der Waals surface area contributed by atoms with Crippen molar-refractivity contribution in [1.29, 1.82) is 0 Å². The quantitative estimate of drug-likeness (QED) is 0.538. The first kappa shape index (κ1) is 19.4. The van der Waals surface area contributed by atoms with Crippen LogP contribution in [0.1, 0.15) is 34.8 Å². The number of nitrogens with zero attached hydrogens (tertiary/aromatic N) is 6. The second-order valence-electron chi connectivity index (χ2n) is 8.08. The maximum Gasteiger partial charge on any atom is 0.273 e. The van der Waals surface area contributed by atoms with E-state index in [-0.39, 0.29) is 23.3 Å². The molecule has 5 rings (SSSR count). The van der Waals surface area contributed by atoms with Crippen LogP contribution in [0, 0.1) is 5.92 Å². The summed E-state index contributed by atoms with van der Waals surface area (Å²) in [7, 11) is 3.61. The highest BCUT2D eigenvalue weighted by molar-refractivity contribution is 5.99. The van der Waals surface area contributed by atoms with E-state index in [4.69, 9.17) is 0 Å². The summed E-state index contributed by atoms with van der Waals surface area (Å²) < 4.78 is 1.72. The normalized spacial score (nSPS) is 16.7. The molecule has 0 atom stereocenters. The molecule has 11 nitrogen and oxygen atoms in total. The number of amides is 2. The van der Waals surface area contributed by atoms with Crippen molar-refractivity contribution in [2.75, 3.05) is 37.8 Å². The maximum atomic E-state index is 12.2. The van der Waals surface area contributed by atoms with E-state index in [2.05, 4.69) is 54.2 Å². The molecular formula is C20H23N9O2. The lowest BCUT2D eigenvalue weighted by molar-refractivity contribution is -0.117. The Morgan fingerprint density at radius 1 is 1.16 bits per heavy atom. The van der Waals surface area contributed by atoms with Crippen LogP contribution in [0.25, 0.3) is 5.65 Å². The molecule has 31 heavy (non-hydrogen) atoms. The van der Waals surface area contributed by atoms with E-state index in [1.165, 1.54) is 12.6 Å². The van der Waals surface area contributed by atoms with Crippen LogP contribution in [0.15, 0.2) is 24.4 Å². The van der Waals surface area contributed by atoms with E-state index in [0.717, 1.165) is 25.9 Å². The zero-order chi connectivity index (χ0) is 21.5. The Labute approximate surface area is 178 Å². The third-order valence-electron chi connectivity index (χ3n) is 5.57. The van der Waals surface area contributed by atoms with Gasteiger partial charge in [0.2, 0.25) is 11.9 Å². The average Bonchev–Trinajstić information content (AvgIpc) is 3.51. The maximum absolute atomic E-state index is 12.2. The number of hydrogen-bond donors (Lipinski definition) is 3. The molecule has 1 saturated heterocycles. The van der Waals surface area contributed by atoms with Gasteiger partial charge in [0, 0.05) is 44.2 Å². The van der Waals surface area contributed by atoms with Gasteiger partial charge in [-0.3, -0.25) is 9.59 Å². The highest BCUT2D eigenvalue weighted by Crippen LogP contribution is 2.30. The van der Waals surface area contributed by atoms with E-state index in [9.17, 15) is 9.59 Å². The summed E-state index contributed by atoms with van der Waals surface area (Å²) in [4.78, 5) is 31.1. The van der Waals surface area contributed by atoms with Gasteiger partial charge in [-0.2, -0.15) is 4.98 Å². The van der Waals surface area contributed by atoms with Gasteiger partial charge >= 0.3 is 0 Å². The van der Waals surface area contributed by atoms with Crippen LogP contribution in [0.4, 0.5) is 17.5 Å². The molecule has 3 aromatic heterocycles. The standard InChI is InChI=1S/C20H23N9O2/c1-21-19(31)17-14(7-15(25-26-17)23-18(30)11-3-4-11)22-20-24-16-6-5-12(10-29(16)27-20)13-8-28(2)9-13/h5-7,10-11,13H,3-4,8-9H2,1-2H3,(H,21,31)(H2,22,23,25,27,30). The minimum Gasteiger partial charge on any atom is -0.354 e. The van der Waals surface area contributed by atoms with Crippen LogP contribution in [-0.2, 0) is 4.79 Å². The molecule has 0 aromatic carbocycles. The predicted octanol–water partition coefficient (Wildman–Crippen LogP) is 1.000. The van der Waals surface area contributed by atoms with Crippen molar-refractivity contribution in [2.45, 2.75) is 18.8 Å². The minimum absolute atomic E-state index is 0.0292. The molecule has 0 spiro atoms. The van der Waals surface area contributed by atoms with Crippen molar-refractivity contribution in [3.05, 3.63) is 35.7 Å². The highest BCUT2D eigenvalue weighted by atomic mass is 16.2. The van der Waals surface area contributed by atoms with Crippen molar-refractivity contribution in [3.8, 4) is 0 Å². The third kappa shape index (κ3) is 3.91. The fourth-order valence-electron chi connectivity index (χ4n) is 3.63. The van der Waals surface area contributed by atoms with Crippen LogP contribution in [0.5, 0.6) is 0 Å². The van der Waals surface area contributed by atoms with Gasteiger partial charge in [0.05, 0.1) is 5.69 Å².